The lowest BCUT2D eigenvalue weighted by Crippen LogP contribution is -2.08. The Hall–Kier alpha value is -2.55. The average Bonchev–Trinajstić information content (AvgIpc) is 2.88. The van der Waals surface area contributed by atoms with Crippen LogP contribution < -0.4 is 4.74 Å². The van der Waals surface area contributed by atoms with Crippen molar-refractivity contribution in [3.63, 3.8) is 0 Å². The summed E-state index contributed by atoms with van der Waals surface area (Å²) in [6, 6.07) is 16.4. The fraction of sp³-hybridized carbons (Fsp3) is 0.318. The van der Waals surface area contributed by atoms with Crippen LogP contribution in [0.3, 0.4) is 0 Å². The number of benzene rings is 2. The van der Waals surface area contributed by atoms with Crippen molar-refractivity contribution in [3.05, 3.63) is 65.4 Å². The molecule has 0 saturated carbocycles. The van der Waals surface area contributed by atoms with Crippen LogP contribution in [-0.4, -0.2) is 17.0 Å². The third kappa shape index (κ3) is 3.46. The van der Waals surface area contributed by atoms with Gasteiger partial charge in [0, 0.05) is 29.3 Å². The molecule has 0 aliphatic carbocycles. The third-order valence-corrected chi connectivity index (χ3v) is 4.34. The molecule has 0 aliphatic heterocycles. The predicted molar refractivity (Wildman–Crippen MR) is 103 cm³/mol. The second kappa shape index (κ2) is 7.14. The molecular weight excluding hydrogens is 310 g/mol. The van der Waals surface area contributed by atoms with Crippen LogP contribution in [-0.2, 0) is 6.54 Å². The van der Waals surface area contributed by atoms with Gasteiger partial charge in [-0.15, -0.1) is 0 Å². The van der Waals surface area contributed by atoms with Crippen molar-refractivity contribution in [2.24, 2.45) is 0 Å². The Morgan fingerprint density at radius 3 is 2.36 bits per heavy atom. The lowest BCUT2D eigenvalue weighted by molar-refractivity contribution is 0.112. The molecule has 3 nitrogen and oxygen atoms in total. The number of hydrogen-bond donors (Lipinski definition) is 0. The van der Waals surface area contributed by atoms with E-state index in [2.05, 4.69) is 36.6 Å². The van der Waals surface area contributed by atoms with Gasteiger partial charge in [-0.25, -0.2) is 0 Å². The summed E-state index contributed by atoms with van der Waals surface area (Å²) in [5, 5.41) is 0.991. The lowest BCUT2D eigenvalue weighted by Gasteiger charge is -2.15. The monoisotopic (exact) mass is 335 g/mol. The van der Waals surface area contributed by atoms with Gasteiger partial charge in [0.15, 0.2) is 6.29 Å². The molecule has 0 unspecified atom stereocenters. The maximum atomic E-state index is 11.8. The number of ether oxygens (including phenoxy) is 1. The Bertz CT molecular complexity index is 876. The first-order valence-electron chi connectivity index (χ1n) is 8.83. The molecule has 0 N–H and O–H groups in total. The van der Waals surface area contributed by atoms with E-state index in [0.717, 1.165) is 40.7 Å². The van der Waals surface area contributed by atoms with Crippen molar-refractivity contribution in [2.45, 2.75) is 46.3 Å². The zero-order chi connectivity index (χ0) is 18.0. The van der Waals surface area contributed by atoms with Crippen molar-refractivity contribution in [3.8, 4) is 5.75 Å². The van der Waals surface area contributed by atoms with Crippen molar-refractivity contribution < 1.29 is 9.53 Å². The van der Waals surface area contributed by atoms with Crippen molar-refractivity contribution in [2.75, 3.05) is 0 Å². The van der Waals surface area contributed by atoms with Crippen LogP contribution in [0.1, 0.15) is 55.2 Å². The largest absolute Gasteiger partial charge is 0.491 e. The van der Waals surface area contributed by atoms with E-state index in [0.29, 0.717) is 0 Å². The summed E-state index contributed by atoms with van der Waals surface area (Å²) in [5.74, 6) is 1.09. The van der Waals surface area contributed by atoms with Crippen LogP contribution in [0, 0.1) is 0 Å². The Morgan fingerprint density at radius 2 is 1.76 bits per heavy atom. The number of aromatic nitrogens is 1. The molecule has 0 bridgehead atoms. The number of aldehydes is 1. The van der Waals surface area contributed by atoms with E-state index in [1.165, 1.54) is 5.56 Å². The van der Waals surface area contributed by atoms with Gasteiger partial charge in [0.05, 0.1) is 11.6 Å². The molecule has 0 amide bonds. The number of nitrogens with zero attached hydrogens (tertiary/aromatic N) is 1. The molecule has 0 radical (unpaired) electrons. The summed E-state index contributed by atoms with van der Waals surface area (Å²) in [7, 11) is 0. The van der Waals surface area contributed by atoms with Gasteiger partial charge in [-0.2, -0.15) is 0 Å². The highest BCUT2D eigenvalue weighted by atomic mass is 16.5. The Morgan fingerprint density at radius 1 is 1.04 bits per heavy atom. The zero-order valence-electron chi connectivity index (χ0n) is 15.3. The minimum absolute atomic E-state index is 0.116. The standard InChI is InChI=1S/C22H25NO2/c1-15(2)22-20(14-24)19-11-10-18(25-16(3)4)12-21(19)23(22)13-17-8-6-5-7-9-17/h5-12,14-16H,13H2,1-4H3. The van der Waals surface area contributed by atoms with Crippen LogP contribution >= 0.6 is 0 Å². The van der Waals surface area contributed by atoms with Crippen LogP contribution in [0.25, 0.3) is 10.9 Å². The Kier molecular flexibility index (Phi) is 4.93. The summed E-state index contributed by atoms with van der Waals surface area (Å²) in [6.07, 6.45) is 1.10. The van der Waals surface area contributed by atoms with Crippen LogP contribution in [0.2, 0.25) is 0 Å². The number of carbonyl (C=O) groups excluding carboxylic acids is 1. The van der Waals surface area contributed by atoms with Gasteiger partial charge >= 0.3 is 0 Å². The van der Waals surface area contributed by atoms with Gasteiger partial charge < -0.3 is 9.30 Å². The zero-order valence-corrected chi connectivity index (χ0v) is 15.3. The first kappa shape index (κ1) is 17.3. The van der Waals surface area contributed by atoms with Gasteiger partial charge in [-0.1, -0.05) is 44.2 Å². The average molecular weight is 335 g/mol. The van der Waals surface area contributed by atoms with Crippen molar-refractivity contribution in [1.29, 1.82) is 0 Å². The van der Waals surface area contributed by atoms with E-state index in [1.807, 2.05) is 44.2 Å². The van der Waals surface area contributed by atoms with Crippen molar-refractivity contribution in [1.82, 2.24) is 4.57 Å². The fourth-order valence-corrected chi connectivity index (χ4v) is 3.40. The third-order valence-electron chi connectivity index (χ3n) is 4.34. The van der Waals surface area contributed by atoms with E-state index in [1.54, 1.807) is 0 Å². The molecule has 3 aromatic rings. The van der Waals surface area contributed by atoms with Crippen LogP contribution in [0.4, 0.5) is 0 Å². The molecule has 0 spiro atoms. The SMILES string of the molecule is CC(C)Oc1ccc2c(C=O)c(C(C)C)n(Cc3ccccc3)c2c1. The minimum Gasteiger partial charge on any atom is -0.491 e. The highest BCUT2D eigenvalue weighted by Gasteiger charge is 2.20. The number of fused-ring (bicyclic) bond motifs is 1. The second-order valence-corrected chi connectivity index (χ2v) is 6.99. The second-order valence-electron chi connectivity index (χ2n) is 6.99. The van der Waals surface area contributed by atoms with E-state index < -0.39 is 0 Å². The highest BCUT2D eigenvalue weighted by Crippen LogP contribution is 2.33. The van der Waals surface area contributed by atoms with Crippen molar-refractivity contribution >= 4 is 17.2 Å². The summed E-state index contributed by atoms with van der Waals surface area (Å²) < 4.78 is 8.13. The summed E-state index contributed by atoms with van der Waals surface area (Å²) >= 11 is 0. The first-order chi connectivity index (χ1) is 12.0. The lowest BCUT2D eigenvalue weighted by atomic mass is 10.0. The predicted octanol–water partition coefficient (Wildman–Crippen LogP) is 5.41. The molecule has 2 aromatic carbocycles. The molecule has 3 heteroatoms. The number of rotatable bonds is 6. The molecule has 0 atom stereocenters. The van der Waals surface area contributed by atoms with Crippen LogP contribution in [0.15, 0.2) is 48.5 Å². The van der Waals surface area contributed by atoms with Crippen LogP contribution in [0.5, 0.6) is 5.75 Å². The van der Waals surface area contributed by atoms with E-state index in [4.69, 9.17) is 4.74 Å². The normalized spacial score (nSPS) is 11.4. The Labute approximate surface area is 149 Å². The molecule has 0 fully saturated rings. The maximum Gasteiger partial charge on any atom is 0.152 e. The number of carbonyl (C=O) groups is 1. The molecule has 130 valence electrons. The van der Waals surface area contributed by atoms with Gasteiger partial charge in [0.25, 0.3) is 0 Å². The summed E-state index contributed by atoms with van der Waals surface area (Å²) in [6.45, 7) is 9.04. The van der Waals surface area contributed by atoms with E-state index in [-0.39, 0.29) is 12.0 Å². The molecule has 0 aliphatic rings. The minimum atomic E-state index is 0.116. The molecule has 0 saturated heterocycles. The smallest absolute Gasteiger partial charge is 0.152 e. The topological polar surface area (TPSA) is 31.2 Å². The summed E-state index contributed by atoms with van der Waals surface area (Å²) in [5.41, 5.74) is 4.13. The van der Waals surface area contributed by atoms with Gasteiger partial charge in [-0.3, -0.25) is 4.79 Å². The first-order valence-corrected chi connectivity index (χ1v) is 8.83. The van der Waals surface area contributed by atoms with Gasteiger partial charge in [0.1, 0.15) is 5.75 Å². The number of hydrogen-bond acceptors (Lipinski definition) is 2. The molecule has 1 aromatic heterocycles. The van der Waals surface area contributed by atoms with E-state index in [9.17, 15) is 4.79 Å². The molecular formula is C22H25NO2. The van der Waals surface area contributed by atoms with E-state index >= 15 is 0 Å². The maximum absolute atomic E-state index is 11.8. The fourth-order valence-electron chi connectivity index (χ4n) is 3.40. The van der Waals surface area contributed by atoms with Gasteiger partial charge in [0.2, 0.25) is 0 Å². The molecule has 1 heterocycles. The summed E-state index contributed by atoms with van der Waals surface area (Å²) in [4.78, 5) is 11.8. The molecule has 3 rings (SSSR count). The van der Waals surface area contributed by atoms with Gasteiger partial charge in [-0.05, 0) is 37.5 Å². The quantitative estimate of drug-likeness (QED) is 0.564. The molecule has 25 heavy (non-hydrogen) atoms. The highest BCUT2D eigenvalue weighted by molar-refractivity contribution is 6.00. The Balaban J connectivity index is 2.22.